The Labute approximate surface area is 124 Å². The van der Waals surface area contributed by atoms with E-state index in [1.807, 2.05) is 0 Å². The molecule has 0 radical (unpaired) electrons. The minimum absolute atomic E-state index is 0.0301. The van der Waals surface area contributed by atoms with Crippen molar-refractivity contribution in [3.63, 3.8) is 0 Å². The molecule has 0 saturated carbocycles. The van der Waals surface area contributed by atoms with Gasteiger partial charge in [0, 0.05) is 18.7 Å². The molecule has 21 heavy (non-hydrogen) atoms. The number of hydrogen-bond acceptors (Lipinski definition) is 5. The Morgan fingerprint density at radius 3 is 2.24 bits per heavy atom. The van der Waals surface area contributed by atoms with Crippen molar-refractivity contribution in [3.8, 4) is 0 Å². The van der Waals surface area contributed by atoms with Gasteiger partial charge in [0.15, 0.2) is 14.9 Å². The highest BCUT2D eigenvalue weighted by Gasteiger charge is 2.23. The molecule has 9 heteroatoms. The highest BCUT2D eigenvalue weighted by Crippen LogP contribution is 2.19. The Kier molecular flexibility index (Phi) is 5.87. The van der Waals surface area contributed by atoms with Gasteiger partial charge in [0.25, 0.3) is 0 Å². The number of carbonyl (C=O) groups is 1. The first-order valence-corrected chi connectivity index (χ1v) is 9.75. The number of rotatable bonds is 8. The zero-order chi connectivity index (χ0) is 16.1. The summed E-state index contributed by atoms with van der Waals surface area (Å²) in [6, 6.07) is 7.63. The van der Waals surface area contributed by atoms with Crippen molar-refractivity contribution >= 4 is 25.8 Å². The molecule has 1 atom stereocenters. The van der Waals surface area contributed by atoms with Gasteiger partial charge < -0.3 is 5.11 Å². The molecule has 0 aromatic heterocycles. The fraction of sp³-hybridized carbons (Fsp3) is 0.417. The number of aliphatic carboxylic acids is 1. The Bertz CT molecular complexity index is 682. The zero-order valence-corrected chi connectivity index (χ0v) is 13.0. The maximum atomic E-state index is 11.8. The predicted octanol–water partition coefficient (Wildman–Crippen LogP) is 0.514. The van der Waals surface area contributed by atoms with E-state index >= 15 is 0 Å². The second-order valence-electron chi connectivity index (χ2n) is 4.67. The standard InChI is InChI=1S/C12H17NO6S2/c1-20(16,17)9-21(18,19)13-11(7-8-12(14)15)10-5-3-2-4-6-10/h2-6,11,13H,7-9H2,1H3,(H,14,15). The van der Waals surface area contributed by atoms with Crippen molar-refractivity contribution in [2.45, 2.75) is 18.9 Å². The average molecular weight is 335 g/mol. The largest absolute Gasteiger partial charge is 0.481 e. The van der Waals surface area contributed by atoms with Crippen molar-refractivity contribution < 1.29 is 26.7 Å². The number of benzene rings is 1. The van der Waals surface area contributed by atoms with Crippen LogP contribution in [0.2, 0.25) is 0 Å². The van der Waals surface area contributed by atoms with E-state index in [4.69, 9.17) is 5.11 Å². The third kappa shape index (κ3) is 7.21. The van der Waals surface area contributed by atoms with Crippen molar-refractivity contribution in [1.82, 2.24) is 4.72 Å². The Morgan fingerprint density at radius 1 is 1.19 bits per heavy atom. The van der Waals surface area contributed by atoms with Gasteiger partial charge in [-0.25, -0.2) is 21.6 Å². The summed E-state index contributed by atoms with van der Waals surface area (Å²) in [5, 5.41) is 7.69. The van der Waals surface area contributed by atoms with E-state index in [2.05, 4.69) is 4.72 Å². The molecule has 0 heterocycles. The number of sulfonamides is 1. The van der Waals surface area contributed by atoms with Crippen LogP contribution in [0.15, 0.2) is 30.3 Å². The number of nitrogens with one attached hydrogen (secondary N) is 1. The van der Waals surface area contributed by atoms with Crippen LogP contribution in [0.4, 0.5) is 0 Å². The maximum Gasteiger partial charge on any atom is 0.303 e. The molecule has 2 N–H and O–H groups in total. The highest BCUT2D eigenvalue weighted by atomic mass is 32.3. The summed E-state index contributed by atoms with van der Waals surface area (Å²) in [5.41, 5.74) is 0.579. The Hall–Kier alpha value is -1.45. The van der Waals surface area contributed by atoms with E-state index < -0.39 is 37.0 Å². The first kappa shape index (κ1) is 17.6. The number of carboxylic acid groups (broad SMARTS) is 1. The molecule has 0 amide bonds. The summed E-state index contributed by atoms with van der Waals surface area (Å²) in [6.07, 6.45) is 0.615. The summed E-state index contributed by atoms with van der Waals surface area (Å²) in [5.74, 6) is -1.06. The van der Waals surface area contributed by atoms with Gasteiger partial charge in [0.05, 0.1) is 0 Å². The van der Waals surface area contributed by atoms with Gasteiger partial charge in [-0.3, -0.25) is 4.79 Å². The lowest BCUT2D eigenvalue weighted by molar-refractivity contribution is -0.137. The van der Waals surface area contributed by atoms with Gasteiger partial charge in [-0.2, -0.15) is 0 Å². The molecular formula is C12H17NO6S2. The van der Waals surface area contributed by atoms with E-state index in [0.717, 1.165) is 6.26 Å². The van der Waals surface area contributed by atoms with Gasteiger partial charge in [-0.1, -0.05) is 30.3 Å². The number of hydrogen-bond donors (Lipinski definition) is 2. The average Bonchev–Trinajstić information content (AvgIpc) is 2.32. The van der Waals surface area contributed by atoms with E-state index in [1.54, 1.807) is 30.3 Å². The lowest BCUT2D eigenvalue weighted by atomic mass is 10.0. The molecule has 0 aliphatic heterocycles. The van der Waals surface area contributed by atoms with E-state index in [0.29, 0.717) is 5.56 Å². The lowest BCUT2D eigenvalue weighted by Gasteiger charge is -2.18. The number of sulfone groups is 1. The molecule has 1 aromatic carbocycles. The van der Waals surface area contributed by atoms with Crippen LogP contribution < -0.4 is 4.72 Å². The van der Waals surface area contributed by atoms with Gasteiger partial charge in [-0.05, 0) is 12.0 Å². The fourth-order valence-corrected chi connectivity index (χ4v) is 4.99. The monoisotopic (exact) mass is 335 g/mol. The Morgan fingerprint density at radius 2 is 1.76 bits per heavy atom. The third-order valence-electron chi connectivity index (χ3n) is 2.54. The summed E-state index contributed by atoms with van der Waals surface area (Å²) in [7, 11) is -7.77. The molecule has 1 aromatic rings. The smallest absolute Gasteiger partial charge is 0.303 e. The van der Waals surface area contributed by atoms with Crippen LogP contribution in [-0.4, -0.2) is 39.3 Å². The summed E-state index contributed by atoms with van der Waals surface area (Å²) in [4.78, 5) is 10.7. The van der Waals surface area contributed by atoms with Crippen LogP contribution in [0.3, 0.4) is 0 Å². The minimum Gasteiger partial charge on any atom is -0.481 e. The van der Waals surface area contributed by atoms with Crippen LogP contribution in [0.5, 0.6) is 0 Å². The highest BCUT2D eigenvalue weighted by molar-refractivity contribution is 8.06. The first-order valence-electron chi connectivity index (χ1n) is 6.03. The Balaban J connectivity index is 2.95. The molecule has 1 unspecified atom stereocenters. The van der Waals surface area contributed by atoms with Gasteiger partial charge in [-0.15, -0.1) is 0 Å². The topological polar surface area (TPSA) is 118 Å². The van der Waals surface area contributed by atoms with E-state index in [9.17, 15) is 21.6 Å². The van der Waals surface area contributed by atoms with Gasteiger partial charge >= 0.3 is 5.97 Å². The van der Waals surface area contributed by atoms with Crippen LogP contribution >= 0.6 is 0 Å². The molecule has 0 spiro atoms. The predicted molar refractivity (Wildman–Crippen MR) is 77.8 cm³/mol. The second kappa shape index (κ2) is 7.01. The SMILES string of the molecule is CS(=O)(=O)CS(=O)(=O)NC(CCC(=O)O)c1ccccc1. The van der Waals surface area contributed by atoms with Gasteiger partial charge in [0.1, 0.15) is 0 Å². The second-order valence-corrected chi connectivity index (χ2v) is 8.93. The van der Waals surface area contributed by atoms with Crippen LogP contribution in [0, 0.1) is 0 Å². The number of carboxylic acids is 1. The first-order chi connectivity index (χ1) is 9.59. The summed E-state index contributed by atoms with van der Waals surface area (Å²) in [6.45, 7) is 0. The third-order valence-corrected chi connectivity index (χ3v) is 6.14. The molecule has 0 fully saturated rings. The van der Waals surface area contributed by atoms with Crippen molar-refractivity contribution in [1.29, 1.82) is 0 Å². The van der Waals surface area contributed by atoms with E-state index in [1.165, 1.54) is 0 Å². The summed E-state index contributed by atoms with van der Waals surface area (Å²) < 4.78 is 48.2. The molecule has 1 rings (SSSR count). The van der Waals surface area contributed by atoms with Crippen molar-refractivity contribution in [2.75, 3.05) is 11.3 Å². The van der Waals surface area contributed by atoms with Crippen molar-refractivity contribution in [2.24, 2.45) is 0 Å². The fourth-order valence-electron chi connectivity index (χ4n) is 1.78. The van der Waals surface area contributed by atoms with Gasteiger partial charge in [0.2, 0.25) is 10.0 Å². The maximum absolute atomic E-state index is 11.8. The molecule has 0 aliphatic rings. The molecule has 0 aliphatic carbocycles. The quantitative estimate of drug-likeness (QED) is 0.715. The van der Waals surface area contributed by atoms with Crippen LogP contribution in [0.1, 0.15) is 24.4 Å². The zero-order valence-electron chi connectivity index (χ0n) is 11.4. The molecular weight excluding hydrogens is 318 g/mol. The lowest BCUT2D eigenvalue weighted by Crippen LogP contribution is -2.33. The molecule has 7 nitrogen and oxygen atoms in total. The van der Waals surface area contributed by atoms with Crippen LogP contribution in [0.25, 0.3) is 0 Å². The summed E-state index contributed by atoms with van der Waals surface area (Å²) >= 11 is 0. The van der Waals surface area contributed by atoms with Crippen LogP contribution in [-0.2, 0) is 24.7 Å². The molecule has 0 saturated heterocycles. The van der Waals surface area contributed by atoms with Crippen molar-refractivity contribution in [3.05, 3.63) is 35.9 Å². The van der Waals surface area contributed by atoms with E-state index in [-0.39, 0.29) is 12.8 Å². The molecule has 0 bridgehead atoms. The normalized spacial score (nSPS) is 13.8. The molecule has 118 valence electrons. The minimum atomic E-state index is -4.07.